The van der Waals surface area contributed by atoms with E-state index < -0.39 is 14.9 Å². The molecule has 0 amide bonds. The number of sulfonamides is 1. The molecule has 0 atom stereocenters. The van der Waals surface area contributed by atoms with Gasteiger partial charge in [0.2, 0.25) is 10.0 Å². The van der Waals surface area contributed by atoms with Crippen molar-refractivity contribution in [3.63, 3.8) is 0 Å². The molecule has 25 heavy (non-hydrogen) atoms. The Morgan fingerprint density at radius 3 is 2.24 bits per heavy atom. The number of nitro groups is 1. The number of hydrogen-bond donors (Lipinski definition) is 2. The summed E-state index contributed by atoms with van der Waals surface area (Å²) in [5.74, 6) is 0. The monoisotopic (exact) mass is 363 g/mol. The number of nitrogens with one attached hydrogen (secondary N) is 2. The molecular weight excluding hydrogens is 342 g/mol. The first-order valence-corrected chi connectivity index (χ1v) is 9.25. The van der Waals surface area contributed by atoms with Gasteiger partial charge >= 0.3 is 0 Å². The van der Waals surface area contributed by atoms with Crippen molar-refractivity contribution in [1.82, 2.24) is 4.72 Å². The molecule has 7 nitrogen and oxygen atoms in total. The van der Waals surface area contributed by atoms with Crippen LogP contribution in [0.2, 0.25) is 0 Å². The van der Waals surface area contributed by atoms with E-state index >= 15 is 0 Å². The highest BCUT2D eigenvalue weighted by Crippen LogP contribution is 2.23. The lowest BCUT2D eigenvalue weighted by molar-refractivity contribution is -0.384. The zero-order valence-electron chi connectivity index (χ0n) is 14.4. The van der Waals surface area contributed by atoms with Gasteiger partial charge in [-0.25, -0.2) is 13.1 Å². The van der Waals surface area contributed by atoms with Crippen molar-refractivity contribution in [2.45, 2.75) is 25.7 Å². The quantitative estimate of drug-likeness (QED) is 0.447. The Kier molecular flexibility index (Phi) is 5.76. The van der Waals surface area contributed by atoms with Gasteiger partial charge in [-0.05, 0) is 38.0 Å². The van der Waals surface area contributed by atoms with Crippen LogP contribution in [0.4, 0.5) is 11.4 Å². The maximum atomic E-state index is 12.5. The maximum absolute atomic E-state index is 12.5. The molecule has 134 valence electrons. The molecule has 0 spiro atoms. The van der Waals surface area contributed by atoms with Gasteiger partial charge in [0.15, 0.2) is 0 Å². The van der Waals surface area contributed by atoms with Gasteiger partial charge in [-0.15, -0.1) is 0 Å². The molecule has 0 radical (unpaired) electrons. The topological polar surface area (TPSA) is 101 Å². The van der Waals surface area contributed by atoms with Crippen molar-refractivity contribution in [1.29, 1.82) is 0 Å². The normalized spacial score (nSPS) is 11.3. The number of anilines is 1. The Morgan fingerprint density at radius 2 is 1.64 bits per heavy atom. The third-order valence-corrected chi connectivity index (χ3v) is 5.47. The summed E-state index contributed by atoms with van der Waals surface area (Å²) in [6.07, 6.45) is 0. The Morgan fingerprint density at radius 1 is 1.04 bits per heavy atom. The SMILES string of the molecule is Cc1cc(C)c(S(=O)(=O)NCCNc2ccccc2[N+](=O)[O-])c(C)c1. The average Bonchev–Trinajstić information content (AvgIpc) is 2.50. The molecule has 0 heterocycles. The summed E-state index contributed by atoms with van der Waals surface area (Å²) < 4.78 is 27.6. The second-order valence-corrected chi connectivity index (χ2v) is 7.53. The van der Waals surface area contributed by atoms with Gasteiger partial charge in [0.05, 0.1) is 9.82 Å². The van der Waals surface area contributed by atoms with Crippen LogP contribution in [0.15, 0.2) is 41.3 Å². The van der Waals surface area contributed by atoms with Crippen LogP contribution >= 0.6 is 0 Å². The summed E-state index contributed by atoms with van der Waals surface area (Å²) in [5.41, 5.74) is 2.70. The fourth-order valence-electron chi connectivity index (χ4n) is 2.83. The summed E-state index contributed by atoms with van der Waals surface area (Å²) in [4.78, 5) is 10.8. The summed E-state index contributed by atoms with van der Waals surface area (Å²) in [6, 6.07) is 9.89. The van der Waals surface area contributed by atoms with E-state index in [0.29, 0.717) is 16.8 Å². The van der Waals surface area contributed by atoms with Crippen LogP contribution in [-0.4, -0.2) is 26.4 Å². The van der Waals surface area contributed by atoms with E-state index in [9.17, 15) is 18.5 Å². The van der Waals surface area contributed by atoms with Crippen molar-refractivity contribution in [3.05, 3.63) is 63.2 Å². The predicted molar refractivity (Wildman–Crippen MR) is 97.4 cm³/mol. The third kappa shape index (κ3) is 4.55. The number of rotatable bonds is 7. The first-order valence-electron chi connectivity index (χ1n) is 7.77. The Labute approximate surface area is 147 Å². The van der Waals surface area contributed by atoms with Crippen LogP contribution in [-0.2, 0) is 10.0 Å². The van der Waals surface area contributed by atoms with Gasteiger partial charge in [0, 0.05) is 19.2 Å². The number of aryl methyl sites for hydroxylation is 3. The van der Waals surface area contributed by atoms with Crippen LogP contribution < -0.4 is 10.0 Å². The van der Waals surface area contributed by atoms with E-state index in [1.807, 2.05) is 19.1 Å². The highest BCUT2D eigenvalue weighted by Gasteiger charge is 2.19. The number of para-hydroxylation sites is 2. The summed E-state index contributed by atoms with van der Waals surface area (Å²) >= 11 is 0. The van der Waals surface area contributed by atoms with E-state index in [1.54, 1.807) is 32.0 Å². The van der Waals surface area contributed by atoms with E-state index in [2.05, 4.69) is 10.0 Å². The lowest BCUT2D eigenvalue weighted by atomic mass is 10.1. The second kappa shape index (κ2) is 7.62. The number of nitro benzene ring substituents is 1. The lowest BCUT2D eigenvalue weighted by Gasteiger charge is -2.13. The van der Waals surface area contributed by atoms with Gasteiger partial charge in [-0.2, -0.15) is 0 Å². The number of nitrogens with zero attached hydrogens (tertiary/aromatic N) is 1. The molecule has 0 saturated heterocycles. The summed E-state index contributed by atoms with van der Waals surface area (Å²) in [6.45, 7) is 5.79. The fraction of sp³-hybridized carbons (Fsp3) is 0.294. The van der Waals surface area contributed by atoms with Crippen molar-refractivity contribution in [3.8, 4) is 0 Å². The summed E-state index contributed by atoms with van der Waals surface area (Å²) in [7, 11) is -3.64. The lowest BCUT2D eigenvalue weighted by Crippen LogP contribution is -2.30. The molecule has 0 fully saturated rings. The molecule has 2 N–H and O–H groups in total. The Hall–Kier alpha value is -2.45. The second-order valence-electron chi connectivity index (χ2n) is 5.83. The van der Waals surface area contributed by atoms with E-state index in [1.165, 1.54) is 6.07 Å². The molecule has 0 aliphatic rings. The van der Waals surface area contributed by atoms with Crippen LogP contribution in [0.1, 0.15) is 16.7 Å². The van der Waals surface area contributed by atoms with Gasteiger partial charge in [-0.1, -0.05) is 29.8 Å². The first kappa shape index (κ1) is 18.9. The van der Waals surface area contributed by atoms with Crippen LogP contribution in [0.3, 0.4) is 0 Å². The smallest absolute Gasteiger partial charge is 0.292 e. The molecule has 8 heteroatoms. The molecule has 0 aliphatic carbocycles. The van der Waals surface area contributed by atoms with Gasteiger partial charge in [0.1, 0.15) is 5.69 Å². The third-order valence-electron chi connectivity index (χ3n) is 3.71. The minimum absolute atomic E-state index is 0.0458. The molecule has 2 aromatic carbocycles. The standard InChI is InChI=1S/C17H21N3O4S/c1-12-10-13(2)17(14(3)11-12)25(23,24)19-9-8-18-15-6-4-5-7-16(15)20(21)22/h4-7,10-11,18-19H,8-9H2,1-3H3. The molecule has 0 saturated carbocycles. The maximum Gasteiger partial charge on any atom is 0.292 e. The van der Waals surface area contributed by atoms with Gasteiger partial charge in [-0.3, -0.25) is 10.1 Å². The minimum atomic E-state index is -3.64. The predicted octanol–water partition coefficient (Wildman–Crippen LogP) is 2.91. The fourth-order valence-corrected chi connectivity index (χ4v) is 4.31. The van der Waals surface area contributed by atoms with E-state index in [4.69, 9.17) is 0 Å². The zero-order chi connectivity index (χ0) is 18.6. The first-order chi connectivity index (χ1) is 11.7. The summed E-state index contributed by atoms with van der Waals surface area (Å²) in [5, 5.41) is 13.8. The largest absolute Gasteiger partial charge is 0.378 e. The van der Waals surface area contributed by atoms with Crippen molar-refractivity contribution in [2.24, 2.45) is 0 Å². The van der Waals surface area contributed by atoms with E-state index in [0.717, 1.165) is 5.56 Å². The number of hydrogen-bond acceptors (Lipinski definition) is 5. The van der Waals surface area contributed by atoms with Crippen molar-refractivity contribution in [2.75, 3.05) is 18.4 Å². The minimum Gasteiger partial charge on any atom is -0.378 e. The molecule has 0 unspecified atom stereocenters. The van der Waals surface area contributed by atoms with Crippen molar-refractivity contribution < 1.29 is 13.3 Å². The van der Waals surface area contributed by atoms with Crippen LogP contribution in [0.5, 0.6) is 0 Å². The average molecular weight is 363 g/mol. The van der Waals surface area contributed by atoms with Gasteiger partial charge in [0.25, 0.3) is 5.69 Å². The van der Waals surface area contributed by atoms with Crippen LogP contribution in [0, 0.1) is 30.9 Å². The molecular formula is C17H21N3O4S. The highest BCUT2D eigenvalue weighted by atomic mass is 32.2. The molecule has 0 aliphatic heterocycles. The molecule has 2 rings (SSSR count). The van der Waals surface area contributed by atoms with Crippen molar-refractivity contribution >= 4 is 21.4 Å². The van der Waals surface area contributed by atoms with Crippen LogP contribution in [0.25, 0.3) is 0 Å². The Bertz CT molecular complexity index is 872. The zero-order valence-corrected chi connectivity index (χ0v) is 15.2. The number of benzene rings is 2. The molecule has 2 aromatic rings. The van der Waals surface area contributed by atoms with Gasteiger partial charge < -0.3 is 5.32 Å². The molecule has 0 aromatic heterocycles. The Balaban J connectivity index is 2.04. The van der Waals surface area contributed by atoms with E-state index in [-0.39, 0.29) is 23.7 Å². The highest BCUT2D eigenvalue weighted by molar-refractivity contribution is 7.89. The molecule has 0 bridgehead atoms.